The zero-order valence-electron chi connectivity index (χ0n) is 17.7. The van der Waals surface area contributed by atoms with Crippen molar-refractivity contribution in [3.05, 3.63) is 52.8 Å². The number of nitrogens with zero attached hydrogens (tertiary/aromatic N) is 2. The van der Waals surface area contributed by atoms with Crippen molar-refractivity contribution in [2.45, 2.75) is 30.2 Å². The van der Waals surface area contributed by atoms with Gasteiger partial charge in [0.05, 0.1) is 32.4 Å². The minimum absolute atomic E-state index is 0.000384. The molecule has 0 aliphatic carbocycles. The van der Waals surface area contributed by atoms with Crippen LogP contribution in [0.4, 0.5) is 0 Å². The van der Waals surface area contributed by atoms with Gasteiger partial charge in [-0.15, -0.1) is 0 Å². The summed E-state index contributed by atoms with van der Waals surface area (Å²) in [4.78, 5) is 29.0. The summed E-state index contributed by atoms with van der Waals surface area (Å²) in [7, 11) is -7.49. The number of carbonyl (C=O) groups is 2. The number of primary sulfonamides is 1. The Kier molecular flexibility index (Phi) is 7.17. The first-order valence-corrected chi connectivity index (χ1v) is 13.7. The van der Waals surface area contributed by atoms with Crippen LogP contribution in [0.15, 0.2) is 57.2 Å². The molecule has 10 nitrogen and oxygen atoms in total. The Balaban J connectivity index is 2.16. The molecule has 2 aromatic carbocycles. The van der Waals surface area contributed by atoms with Gasteiger partial charge in [0, 0.05) is 5.56 Å². The molecule has 3 rings (SSSR count). The molecule has 2 N–H and O–H groups in total. The molecule has 0 saturated carbocycles. The summed E-state index contributed by atoms with van der Waals surface area (Å²) in [5.41, 5.74) is 0.504. The summed E-state index contributed by atoms with van der Waals surface area (Å²) in [6.45, 7) is 3.04. The van der Waals surface area contributed by atoms with Crippen molar-refractivity contribution in [2.24, 2.45) is 10.1 Å². The third kappa shape index (κ3) is 5.55. The molecule has 1 heterocycles. The molecular weight excluding hydrogens is 490 g/mol. The number of sulfone groups is 1. The molecule has 3 aromatic rings. The van der Waals surface area contributed by atoms with Gasteiger partial charge in [-0.25, -0.2) is 22.0 Å². The lowest BCUT2D eigenvalue weighted by molar-refractivity contribution is -0.143. The van der Waals surface area contributed by atoms with E-state index in [2.05, 4.69) is 4.99 Å². The van der Waals surface area contributed by atoms with E-state index >= 15 is 0 Å². The van der Waals surface area contributed by atoms with Crippen LogP contribution in [0.5, 0.6) is 0 Å². The minimum atomic E-state index is -3.97. The molecule has 0 bridgehead atoms. The van der Waals surface area contributed by atoms with Crippen molar-refractivity contribution < 1.29 is 31.2 Å². The lowest BCUT2D eigenvalue weighted by Gasteiger charge is -2.06. The monoisotopic (exact) mass is 511 g/mol. The lowest BCUT2D eigenvalue weighted by atomic mass is 10.2. The second-order valence-corrected chi connectivity index (χ2v) is 11.6. The normalized spacial score (nSPS) is 12.8. The first kappa shape index (κ1) is 24.8. The molecule has 0 aliphatic rings. The number of ether oxygens (including phenoxy) is 1. The van der Waals surface area contributed by atoms with E-state index in [0.29, 0.717) is 10.2 Å². The molecule has 0 atom stereocenters. The van der Waals surface area contributed by atoms with Crippen LogP contribution in [0.3, 0.4) is 0 Å². The molecule has 0 saturated heterocycles. The summed E-state index contributed by atoms with van der Waals surface area (Å²) in [5, 5.41) is 5.20. The topological polar surface area (TPSA) is 155 Å². The SMILES string of the molecule is CCOC(=O)Cn1c(=NC(=O)c2cccc(S(=O)(=O)CC)c2)sc2cc(S(N)(=O)=O)ccc21. The van der Waals surface area contributed by atoms with Gasteiger partial charge >= 0.3 is 5.97 Å². The van der Waals surface area contributed by atoms with Gasteiger partial charge in [-0.1, -0.05) is 24.3 Å². The Morgan fingerprint density at radius 3 is 2.42 bits per heavy atom. The molecule has 33 heavy (non-hydrogen) atoms. The predicted molar refractivity (Wildman–Crippen MR) is 122 cm³/mol. The Bertz CT molecular complexity index is 1520. The molecule has 0 spiro atoms. The molecule has 0 fully saturated rings. The number of benzene rings is 2. The number of amides is 1. The van der Waals surface area contributed by atoms with Crippen LogP contribution in [0, 0.1) is 0 Å². The molecule has 1 aromatic heterocycles. The van der Waals surface area contributed by atoms with Gasteiger partial charge in [0.15, 0.2) is 14.6 Å². The maximum atomic E-state index is 12.8. The highest BCUT2D eigenvalue weighted by Gasteiger charge is 2.17. The van der Waals surface area contributed by atoms with Gasteiger partial charge in [-0.2, -0.15) is 4.99 Å². The number of thiazole rings is 1. The highest BCUT2D eigenvalue weighted by atomic mass is 32.2. The first-order valence-electron chi connectivity index (χ1n) is 9.70. The van der Waals surface area contributed by atoms with Crippen molar-refractivity contribution in [3.8, 4) is 0 Å². The van der Waals surface area contributed by atoms with Crippen LogP contribution in [-0.4, -0.2) is 45.6 Å². The van der Waals surface area contributed by atoms with Gasteiger partial charge in [0.1, 0.15) is 6.54 Å². The van der Waals surface area contributed by atoms with Gasteiger partial charge in [-0.05, 0) is 43.3 Å². The summed E-state index contributed by atoms with van der Waals surface area (Å²) < 4.78 is 54.6. The van der Waals surface area contributed by atoms with Crippen LogP contribution in [0.1, 0.15) is 24.2 Å². The third-order valence-corrected chi connectivity index (χ3v) is 8.28. The fourth-order valence-corrected chi connectivity index (χ4v) is 5.55. The zero-order valence-corrected chi connectivity index (χ0v) is 20.2. The quantitative estimate of drug-likeness (QED) is 0.471. The van der Waals surface area contributed by atoms with E-state index in [1.807, 2.05) is 0 Å². The van der Waals surface area contributed by atoms with E-state index in [4.69, 9.17) is 9.88 Å². The first-order chi connectivity index (χ1) is 15.5. The number of rotatable bonds is 7. The number of aromatic nitrogens is 1. The summed E-state index contributed by atoms with van der Waals surface area (Å²) in [6.07, 6.45) is 0. The Labute approximate surface area is 194 Å². The maximum absolute atomic E-state index is 12.8. The van der Waals surface area contributed by atoms with Gasteiger partial charge in [0.25, 0.3) is 5.91 Å². The van der Waals surface area contributed by atoms with Crippen LogP contribution < -0.4 is 9.94 Å². The van der Waals surface area contributed by atoms with E-state index in [1.165, 1.54) is 54.0 Å². The van der Waals surface area contributed by atoms with Crippen LogP contribution in [-0.2, 0) is 35.9 Å². The van der Waals surface area contributed by atoms with Crippen molar-refractivity contribution in [1.29, 1.82) is 0 Å². The molecule has 0 unspecified atom stereocenters. The molecule has 1 amide bonds. The Morgan fingerprint density at radius 2 is 1.79 bits per heavy atom. The molecule has 0 aliphatic heterocycles. The average Bonchev–Trinajstić information content (AvgIpc) is 3.09. The van der Waals surface area contributed by atoms with Crippen molar-refractivity contribution in [3.63, 3.8) is 0 Å². The van der Waals surface area contributed by atoms with Crippen molar-refractivity contribution in [1.82, 2.24) is 4.57 Å². The van der Waals surface area contributed by atoms with Crippen molar-refractivity contribution in [2.75, 3.05) is 12.4 Å². The highest BCUT2D eigenvalue weighted by Crippen LogP contribution is 2.22. The predicted octanol–water partition coefficient (Wildman–Crippen LogP) is 1.45. The van der Waals surface area contributed by atoms with Crippen LogP contribution in [0.2, 0.25) is 0 Å². The second kappa shape index (κ2) is 9.55. The summed E-state index contributed by atoms with van der Waals surface area (Å²) in [6, 6.07) is 9.59. The van der Waals surface area contributed by atoms with Crippen molar-refractivity contribution >= 4 is 53.3 Å². The van der Waals surface area contributed by atoms with Gasteiger partial charge in [-0.3, -0.25) is 9.59 Å². The van der Waals surface area contributed by atoms with Crippen LogP contribution >= 0.6 is 11.3 Å². The number of esters is 1. The van der Waals surface area contributed by atoms with E-state index in [0.717, 1.165) is 11.3 Å². The second-order valence-electron chi connectivity index (χ2n) is 6.80. The fourth-order valence-electron chi connectivity index (χ4n) is 2.95. The highest BCUT2D eigenvalue weighted by molar-refractivity contribution is 7.91. The van der Waals surface area contributed by atoms with E-state index < -0.39 is 31.7 Å². The van der Waals surface area contributed by atoms with E-state index in [9.17, 15) is 26.4 Å². The average molecular weight is 512 g/mol. The number of carbonyl (C=O) groups excluding carboxylic acids is 2. The number of fused-ring (bicyclic) bond motifs is 1. The number of sulfonamides is 1. The number of nitrogens with two attached hydrogens (primary N) is 1. The lowest BCUT2D eigenvalue weighted by Crippen LogP contribution is -2.23. The molecule has 13 heteroatoms. The number of hydrogen-bond donors (Lipinski definition) is 1. The smallest absolute Gasteiger partial charge is 0.326 e. The zero-order chi connectivity index (χ0) is 24.4. The van der Waals surface area contributed by atoms with E-state index in [1.54, 1.807) is 6.92 Å². The standard InChI is InChI=1S/C20H21N3O7S3/c1-3-30-18(24)12-23-16-9-8-15(33(21,28)29)11-17(16)31-20(23)22-19(25)13-6-5-7-14(10-13)32(26,27)4-2/h5-11H,3-4,12H2,1-2H3,(H2,21,28,29). The van der Waals surface area contributed by atoms with Gasteiger partial charge < -0.3 is 9.30 Å². The third-order valence-electron chi connectivity index (χ3n) is 4.59. The summed E-state index contributed by atoms with van der Waals surface area (Å²) in [5.74, 6) is -1.42. The van der Waals surface area contributed by atoms with E-state index in [-0.39, 0.29) is 39.1 Å². The number of hydrogen-bond acceptors (Lipinski definition) is 8. The van der Waals surface area contributed by atoms with Crippen LogP contribution in [0.25, 0.3) is 10.2 Å². The maximum Gasteiger partial charge on any atom is 0.326 e. The summed E-state index contributed by atoms with van der Waals surface area (Å²) >= 11 is 0.981. The van der Waals surface area contributed by atoms with Gasteiger partial charge in [0.2, 0.25) is 10.0 Å². The molecule has 0 radical (unpaired) electrons. The minimum Gasteiger partial charge on any atom is -0.465 e. The Hall–Kier alpha value is -2.87. The largest absolute Gasteiger partial charge is 0.465 e. The molecular formula is C20H21N3O7S3. The fraction of sp³-hybridized carbons (Fsp3) is 0.250. The molecule has 176 valence electrons. The Morgan fingerprint density at radius 1 is 1.06 bits per heavy atom.